The number of carbonyl (C=O) groups excluding carboxylic acids is 1. The lowest BCUT2D eigenvalue weighted by Crippen LogP contribution is -2.38. The average molecular weight is 586 g/mol. The number of piperidine rings is 1. The highest BCUT2D eigenvalue weighted by atomic mass is 19.4. The molecule has 1 aromatic heterocycles. The van der Waals surface area contributed by atoms with Gasteiger partial charge in [0.1, 0.15) is 12.1 Å². The number of carbonyl (C=O) groups is 1. The summed E-state index contributed by atoms with van der Waals surface area (Å²) in [7, 11) is 0. The molecule has 2 N–H and O–H groups in total. The van der Waals surface area contributed by atoms with Gasteiger partial charge in [0.25, 0.3) is 0 Å². The SMILES string of the molecule is CC(=O)Nc1cc(Nc2ncnc(N3CCC(OCc4ccc(OC(F)(F)F)cc4)CC3)n2)ccc1OC(F)(F)F. The minimum atomic E-state index is -4.94. The molecule has 1 aliphatic rings. The monoisotopic (exact) mass is 586 g/mol. The number of amides is 1. The Morgan fingerprint density at radius 3 is 2.29 bits per heavy atom. The van der Waals surface area contributed by atoms with E-state index in [1.807, 2.05) is 4.90 Å². The Labute approximate surface area is 229 Å². The summed E-state index contributed by atoms with van der Waals surface area (Å²) in [6, 6.07) is 9.09. The Morgan fingerprint density at radius 1 is 0.976 bits per heavy atom. The second-order valence-electron chi connectivity index (χ2n) is 8.86. The average Bonchev–Trinajstić information content (AvgIpc) is 2.88. The van der Waals surface area contributed by atoms with Crippen LogP contribution in [0.5, 0.6) is 11.5 Å². The second kappa shape index (κ2) is 12.4. The summed E-state index contributed by atoms with van der Waals surface area (Å²) >= 11 is 0. The van der Waals surface area contributed by atoms with Crippen LogP contribution in [0.4, 0.5) is 49.6 Å². The molecule has 10 nitrogen and oxygen atoms in total. The Bertz CT molecular complexity index is 1330. The summed E-state index contributed by atoms with van der Waals surface area (Å²) in [5.74, 6) is -0.962. The number of alkyl halides is 6. The fourth-order valence-corrected chi connectivity index (χ4v) is 3.96. The van der Waals surface area contributed by atoms with E-state index in [-0.39, 0.29) is 30.1 Å². The van der Waals surface area contributed by atoms with Gasteiger partial charge in [-0.1, -0.05) is 12.1 Å². The van der Waals surface area contributed by atoms with Crippen LogP contribution < -0.4 is 25.0 Å². The van der Waals surface area contributed by atoms with E-state index in [1.54, 1.807) is 0 Å². The summed E-state index contributed by atoms with van der Waals surface area (Å²) in [5.41, 5.74) is 0.807. The highest BCUT2D eigenvalue weighted by Crippen LogP contribution is 2.33. The Balaban J connectivity index is 1.32. The van der Waals surface area contributed by atoms with Gasteiger partial charge < -0.3 is 29.7 Å². The second-order valence-corrected chi connectivity index (χ2v) is 8.86. The van der Waals surface area contributed by atoms with Crippen molar-refractivity contribution in [1.29, 1.82) is 0 Å². The third-order valence-electron chi connectivity index (χ3n) is 5.70. The number of halogens is 6. The van der Waals surface area contributed by atoms with Gasteiger partial charge in [-0.05, 0) is 48.7 Å². The van der Waals surface area contributed by atoms with Crippen LogP contribution in [-0.2, 0) is 16.1 Å². The molecule has 0 unspecified atom stereocenters. The number of hydrogen-bond acceptors (Lipinski definition) is 9. The number of anilines is 4. The zero-order valence-electron chi connectivity index (χ0n) is 21.4. The third kappa shape index (κ3) is 9.37. The van der Waals surface area contributed by atoms with Crippen LogP contribution in [0.15, 0.2) is 48.8 Å². The van der Waals surface area contributed by atoms with Crippen LogP contribution in [0.2, 0.25) is 0 Å². The summed E-state index contributed by atoms with van der Waals surface area (Å²) in [4.78, 5) is 26.0. The maximum Gasteiger partial charge on any atom is 0.573 e. The van der Waals surface area contributed by atoms with Gasteiger partial charge in [0.2, 0.25) is 17.8 Å². The molecule has 0 radical (unpaired) electrons. The summed E-state index contributed by atoms with van der Waals surface area (Å²) in [6.45, 7) is 2.49. The highest BCUT2D eigenvalue weighted by molar-refractivity contribution is 5.91. The number of nitrogens with one attached hydrogen (secondary N) is 2. The number of nitrogens with zero attached hydrogens (tertiary/aromatic N) is 4. The summed E-state index contributed by atoms with van der Waals surface area (Å²) in [6.07, 6.45) is -7.20. The molecule has 4 rings (SSSR count). The lowest BCUT2D eigenvalue weighted by atomic mass is 10.1. The molecule has 3 aromatic rings. The van der Waals surface area contributed by atoms with Crippen molar-refractivity contribution in [3.05, 3.63) is 54.4 Å². The fraction of sp³-hybridized carbons (Fsp3) is 0.360. The molecule has 1 saturated heterocycles. The first-order chi connectivity index (χ1) is 19.3. The van der Waals surface area contributed by atoms with E-state index >= 15 is 0 Å². The van der Waals surface area contributed by atoms with Crippen molar-refractivity contribution in [2.45, 2.75) is 45.2 Å². The van der Waals surface area contributed by atoms with E-state index < -0.39 is 24.4 Å². The zero-order valence-corrected chi connectivity index (χ0v) is 21.4. The number of benzene rings is 2. The van der Waals surface area contributed by atoms with Crippen molar-refractivity contribution in [1.82, 2.24) is 15.0 Å². The molecular formula is C25H24F6N6O4. The van der Waals surface area contributed by atoms with Gasteiger partial charge in [-0.15, -0.1) is 26.3 Å². The van der Waals surface area contributed by atoms with Crippen molar-refractivity contribution in [3.63, 3.8) is 0 Å². The maximum atomic E-state index is 12.7. The molecule has 2 aromatic carbocycles. The zero-order chi connectivity index (χ0) is 29.6. The van der Waals surface area contributed by atoms with Crippen LogP contribution in [0.3, 0.4) is 0 Å². The molecule has 2 heterocycles. The topological polar surface area (TPSA) is 111 Å². The standard InChI is InChI=1S/C25H24F6N6O4/c1-15(38)34-20-12-17(4-7-21(20)41-25(29,30)31)35-22-32-14-33-23(36-22)37-10-8-18(9-11-37)39-13-16-2-5-19(6-3-16)40-24(26,27)28/h2-7,12,14,18H,8-11,13H2,1H3,(H,34,38)(H,32,33,35,36). The number of ether oxygens (including phenoxy) is 3. The van der Waals surface area contributed by atoms with Crippen LogP contribution in [0.25, 0.3) is 0 Å². The first-order valence-electron chi connectivity index (χ1n) is 12.2. The highest BCUT2D eigenvalue weighted by Gasteiger charge is 2.33. The third-order valence-corrected chi connectivity index (χ3v) is 5.70. The molecule has 1 fully saturated rings. The van der Waals surface area contributed by atoms with Crippen molar-refractivity contribution in [3.8, 4) is 11.5 Å². The number of aromatic nitrogens is 3. The van der Waals surface area contributed by atoms with E-state index in [2.05, 4.69) is 35.1 Å². The number of rotatable bonds is 9. The lowest BCUT2D eigenvalue weighted by Gasteiger charge is -2.32. The predicted octanol–water partition coefficient (Wildman–Crippen LogP) is 5.56. The molecule has 220 valence electrons. The Hall–Kier alpha value is -4.34. The van der Waals surface area contributed by atoms with Gasteiger partial charge in [0, 0.05) is 25.7 Å². The predicted molar refractivity (Wildman–Crippen MR) is 134 cm³/mol. The maximum absolute atomic E-state index is 12.7. The van der Waals surface area contributed by atoms with Crippen LogP contribution in [0, 0.1) is 0 Å². The van der Waals surface area contributed by atoms with Crippen LogP contribution >= 0.6 is 0 Å². The van der Waals surface area contributed by atoms with E-state index in [0.29, 0.717) is 43.1 Å². The molecule has 1 aliphatic heterocycles. The molecule has 1 amide bonds. The normalized spacial score (nSPS) is 14.5. The molecular weight excluding hydrogens is 562 g/mol. The minimum Gasteiger partial charge on any atom is -0.406 e. The van der Waals surface area contributed by atoms with Gasteiger partial charge in [-0.2, -0.15) is 4.98 Å². The van der Waals surface area contributed by atoms with E-state index in [9.17, 15) is 31.1 Å². The minimum absolute atomic E-state index is 0.0820. The first kappa shape index (κ1) is 29.6. The Morgan fingerprint density at radius 2 is 1.66 bits per heavy atom. The molecule has 41 heavy (non-hydrogen) atoms. The van der Waals surface area contributed by atoms with E-state index in [4.69, 9.17) is 4.74 Å². The smallest absolute Gasteiger partial charge is 0.406 e. The van der Waals surface area contributed by atoms with E-state index in [1.165, 1.54) is 42.7 Å². The van der Waals surface area contributed by atoms with Crippen LogP contribution in [-0.4, -0.2) is 52.8 Å². The number of hydrogen-bond donors (Lipinski definition) is 2. The van der Waals surface area contributed by atoms with Gasteiger partial charge in [-0.3, -0.25) is 4.79 Å². The quantitative estimate of drug-likeness (QED) is 0.312. The molecule has 16 heteroatoms. The summed E-state index contributed by atoms with van der Waals surface area (Å²) in [5, 5.41) is 5.17. The molecule has 0 atom stereocenters. The van der Waals surface area contributed by atoms with Crippen molar-refractivity contribution < 1.29 is 45.3 Å². The van der Waals surface area contributed by atoms with Gasteiger partial charge in [0.15, 0.2) is 5.75 Å². The van der Waals surface area contributed by atoms with Gasteiger partial charge in [0.05, 0.1) is 18.4 Å². The molecule has 0 aliphatic carbocycles. The molecule has 0 saturated carbocycles. The largest absolute Gasteiger partial charge is 0.573 e. The van der Waals surface area contributed by atoms with Gasteiger partial charge in [-0.25, -0.2) is 9.97 Å². The van der Waals surface area contributed by atoms with Crippen LogP contribution in [0.1, 0.15) is 25.3 Å². The van der Waals surface area contributed by atoms with Crippen molar-refractivity contribution >= 4 is 29.2 Å². The summed E-state index contributed by atoms with van der Waals surface area (Å²) < 4.78 is 88.8. The van der Waals surface area contributed by atoms with Crippen molar-refractivity contribution in [2.75, 3.05) is 28.6 Å². The Kier molecular flexibility index (Phi) is 9.00. The molecule has 0 spiro atoms. The fourth-order valence-electron chi connectivity index (χ4n) is 3.96. The lowest BCUT2D eigenvalue weighted by molar-refractivity contribution is -0.275. The van der Waals surface area contributed by atoms with E-state index in [0.717, 1.165) is 13.0 Å². The molecule has 0 bridgehead atoms. The van der Waals surface area contributed by atoms with Gasteiger partial charge >= 0.3 is 12.7 Å². The van der Waals surface area contributed by atoms with Crippen molar-refractivity contribution in [2.24, 2.45) is 0 Å². The first-order valence-corrected chi connectivity index (χ1v) is 12.2.